The lowest BCUT2D eigenvalue weighted by Gasteiger charge is -2.24. The van der Waals surface area contributed by atoms with Crippen molar-refractivity contribution in [2.75, 3.05) is 36.9 Å². The van der Waals surface area contributed by atoms with Crippen molar-refractivity contribution in [2.45, 2.75) is 38.3 Å². The highest BCUT2D eigenvalue weighted by Gasteiger charge is 2.25. The number of nitrogens with zero attached hydrogens (tertiary/aromatic N) is 2. The first-order valence-corrected chi connectivity index (χ1v) is 10.8. The summed E-state index contributed by atoms with van der Waals surface area (Å²) in [5, 5.41) is 5.90. The number of hydrogen-bond donors (Lipinski definition) is 2. The number of hydrogen-bond acceptors (Lipinski definition) is 4. The summed E-state index contributed by atoms with van der Waals surface area (Å²) in [5.41, 5.74) is 3.58. The molecule has 4 rings (SSSR count). The molecule has 2 aromatic rings. The molecule has 6 nitrogen and oxygen atoms in total. The molecule has 1 saturated heterocycles. The highest BCUT2D eigenvalue weighted by Crippen LogP contribution is 2.25. The van der Waals surface area contributed by atoms with Crippen LogP contribution in [-0.4, -0.2) is 49.4 Å². The second-order valence-electron chi connectivity index (χ2n) is 8.34. The summed E-state index contributed by atoms with van der Waals surface area (Å²) >= 11 is 0. The number of para-hydroxylation sites is 2. The lowest BCUT2D eigenvalue weighted by atomic mass is 10.1. The van der Waals surface area contributed by atoms with Crippen LogP contribution in [0.5, 0.6) is 0 Å². The number of carbonyl (C=O) groups excluding carboxylic acids is 2. The van der Waals surface area contributed by atoms with Crippen molar-refractivity contribution in [1.29, 1.82) is 0 Å². The van der Waals surface area contributed by atoms with Gasteiger partial charge in [0.15, 0.2) is 0 Å². The quantitative estimate of drug-likeness (QED) is 0.706. The monoisotopic (exact) mass is 406 g/mol. The van der Waals surface area contributed by atoms with Gasteiger partial charge >= 0.3 is 0 Å². The van der Waals surface area contributed by atoms with E-state index < -0.39 is 0 Å². The lowest BCUT2D eigenvalue weighted by Crippen LogP contribution is -2.32. The predicted molar refractivity (Wildman–Crippen MR) is 120 cm³/mol. The SMILES string of the molecule is CN(CC(=O)Nc1ccccc1C(=O)NC1CC1)Cc1ccccc1N1CCCC1. The zero-order chi connectivity index (χ0) is 20.9. The van der Waals surface area contributed by atoms with Crippen molar-refractivity contribution in [2.24, 2.45) is 0 Å². The first kappa shape index (κ1) is 20.4. The maximum Gasteiger partial charge on any atom is 0.253 e. The molecule has 2 aromatic carbocycles. The zero-order valence-electron chi connectivity index (χ0n) is 17.6. The molecule has 0 spiro atoms. The average Bonchev–Trinajstić information content (AvgIpc) is 3.37. The van der Waals surface area contributed by atoms with Crippen LogP contribution in [0.15, 0.2) is 48.5 Å². The molecule has 30 heavy (non-hydrogen) atoms. The van der Waals surface area contributed by atoms with E-state index in [4.69, 9.17) is 0 Å². The third kappa shape index (κ3) is 5.19. The van der Waals surface area contributed by atoms with Gasteiger partial charge in [-0.1, -0.05) is 30.3 Å². The van der Waals surface area contributed by atoms with Gasteiger partial charge in [-0.2, -0.15) is 0 Å². The molecule has 158 valence electrons. The van der Waals surface area contributed by atoms with Crippen molar-refractivity contribution < 1.29 is 9.59 Å². The Morgan fingerprint density at radius 3 is 2.50 bits per heavy atom. The third-order valence-corrected chi connectivity index (χ3v) is 5.65. The summed E-state index contributed by atoms with van der Waals surface area (Å²) in [4.78, 5) is 29.6. The maximum atomic E-state index is 12.7. The lowest BCUT2D eigenvalue weighted by molar-refractivity contribution is -0.117. The van der Waals surface area contributed by atoms with E-state index in [0.717, 1.165) is 25.9 Å². The van der Waals surface area contributed by atoms with Crippen LogP contribution in [0.3, 0.4) is 0 Å². The van der Waals surface area contributed by atoms with E-state index >= 15 is 0 Å². The molecule has 6 heteroatoms. The van der Waals surface area contributed by atoms with Gasteiger partial charge in [0, 0.05) is 31.4 Å². The number of anilines is 2. The molecule has 2 aliphatic rings. The molecule has 1 heterocycles. The Hall–Kier alpha value is -2.86. The van der Waals surface area contributed by atoms with E-state index in [1.54, 1.807) is 12.1 Å². The van der Waals surface area contributed by atoms with Crippen LogP contribution in [0.2, 0.25) is 0 Å². The molecule has 2 fully saturated rings. The van der Waals surface area contributed by atoms with Crippen LogP contribution in [-0.2, 0) is 11.3 Å². The van der Waals surface area contributed by atoms with Gasteiger partial charge in [-0.25, -0.2) is 0 Å². The summed E-state index contributed by atoms with van der Waals surface area (Å²) in [7, 11) is 1.95. The van der Waals surface area contributed by atoms with Gasteiger partial charge in [0.1, 0.15) is 0 Å². The molecule has 0 radical (unpaired) electrons. The van der Waals surface area contributed by atoms with Gasteiger partial charge in [-0.05, 0) is 56.5 Å². The summed E-state index contributed by atoms with van der Waals surface area (Å²) in [6.45, 7) is 3.15. The Morgan fingerprint density at radius 2 is 1.73 bits per heavy atom. The maximum absolute atomic E-state index is 12.7. The highest BCUT2D eigenvalue weighted by molar-refractivity contribution is 6.04. The number of likely N-dealkylation sites (N-methyl/N-ethyl adjacent to an activating group) is 1. The molecule has 1 saturated carbocycles. The fourth-order valence-electron chi connectivity index (χ4n) is 3.97. The van der Waals surface area contributed by atoms with E-state index in [-0.39, 0.29) is 24.4 Å². The minimum Gasteiger partial charge on any atom is -0.371 e. The van der Waals surface area contributed by atoms with Gasteiger partial charge in [0.25, 0.3) is 5.91 Å². The van der Waals surface area contributed by atoms with Crippen molar-refractivity contribution in [1.82, 2.24) is 10.2 Å². The molecule has 0 atom stereocenters. The van der Waals surface area contributed by atoms with E-state index in [0.29, 0.717) is 17.8 Å². The van der Waals surface area contributed by atoms with E-state index in [1.165, 1.54) is 24.1 Å². The summed E-state index contributed by atoms with van der Waals surface area (Å²) in [5.74, 6) is -0.246. The fraction of sp³-hybridized carbons (Fsp3) is 0.417. The predicted octanol–water partition coefficient (Wildman–Crippen LogP) is 3.25. The molecule has 0 unspecified atom stereocenters. The Labute approximate surface area is 178 Å². The van der Waals surface area contributed by atoms with Crippen molar-refractivity contribution >= 4 is 23.2 Å². The minimum atomic E-state index is -0.124. The Kier molecular flexibility index (Phi) is 6.33. The smallest absolute Gasteiger partial charge is 0.253 e. The molecule has 0 aromatic heterocycles. The van der Waals surface area contributed by atoms with Crippen molar-refractivity contribution in [3.05, 3.63) is 59.7 Å². The Bertz CT molecular complexity index is 904. The van der Waals surface area contributed by atoms with Gasteiger partial charge < -0.3 is 15.5 Å². The number of carbonyl (C=O) groups is 2. The van der Waals surface area contributed by atoms with E-state index in [9.17, 15) is 9.59 Å². The van der Waals surface area contributed by atoms with Gasteiger partial charge in [-0.15, -0.1) is 0 Å². The van der Waals surface area contributed by atoms with Crippen LogP contribution in [0.1, 0.15) is 41.6 Å². The molecule has 2 N–H and O–H groups in total. The standard InChI is InChI=1S/C24H30N4O2/c1-27(16-18-8-2-5-11-22(18)28-14-6-7-15-28)17-23(29)26-21-10-4-3-9-20(21)24(30)25-19-12-13-19/h2-5,8-11,19H,6-7,12-17H2,1H3,(H,25,30)(H,26,29). The summed E-state index contributed by atoms with van der Waals surface area (Å²) < 4.78 is 0. The molecule has 2 amide bonds. The molecule has 1 aliphatic carbocycles. The molecule has 0 bridgehead atoms. The number of amides is 2. The van der Waals surface area contributed by atoms with Gasteiger partial charge in [0.2, 0.25) is 5.91 Å². The topological polar surface area (TPSA) is 64.7 Å². The van der Waals surface area contributed by atoms with Crippen molar-refractivity contribution in [3.63, 3.8) is 0 Å². The first-order chi connectivity index (χ1) is 14.6. The number of rotatable bonds is 8. The van der Waals surface area contributed by atoms with Crippen molar-refractivity contribution in [3.8, 4) is 0 Å². The van der Waals surface area contributed by atoms with Crippen LogP contribution in [0.25, 0.3) is 0 Å². The van der Waals surface area contributed by atoms with Crippen LogP contribution < -0.4 is 15.5 Å². The Morgan fingerprint density at radius 1 is 1.03 bits per heavy atom. The first-order valence-electron chi connectivity index (χ1n) is 10.8. The Balaban J connectivity index is 1.36. The molecular formula is C24H30N4O2. The van der Waals surface area contributed by atoms with Crippen LogP contribution >= 0.6 is 0 Å². The van der Waals surface area contributed by atoms with Gasteiger partial charge in [-0.3, -0.25) is 14.5 Å². The molecule has 1 aliphatic heterocycles. The average molecular weight is 407 g/mol. The largest absolute Gasteiger partial charge is 0.371 e. The van der Waals surface area contributed by atoms with Crippen LogP contribution in [0, 0.1) is 0 Å². The van der Waals surface area contributed by atoms with Gasteiger partial charge in [0.05, 0.1) is 17.8 Å². The number of nitrogens with one attached hydrogen (secondary N) is 2. The summed E-state index contributed by atoms with van der Waals surface area (Å²) in [6, 6.07) is 15.9. The highest BCUT2D eigenvalue weighted by atomic mass is 16.2. The normalized spacial score (nSPS) is 16.0. The second-order valence-corrected chi connectivity index (χ2v) is 8.34. The third-order valence-electron chi connectivity index (χ3n) is 5.65. The minimum absolute atomic E-state index is 0.122. The zero-order valence-corrected chi connectivity index (χ0v) is 17.6. The van der Waals surface area contributed by atoms with E-state index in [1.807, 2.05) is 24.1 Å². The fourth-order valence-corrected chi connectivity index (χ4v) is 3.97. The van der Waals surface area contributed by atoms with E-state index in [2.05, 4.69) is 39.8 Å². The number of benzene rings is 2. The second kappa shape index (κ2) is 9.30. The summed E-state index contributed by atoms with van der Waals surface area (Å²) in [6.07, 6.45) is 4.54. The molecular weight excluding hydrogens is 376 g/mol. The van der Waals surface area contributed by atoms with Crippen LogP contribution in [0.4, 0.5) is 11.4 Å².